The minimum atomic E-state index is 0.190. The van der Waals surface area contributed by atoms with Crippen molar-refractivity contribution in [2.24, 2.45) is 11.8 Å². The van der Waals surface area contributed by atoms with E-state index in [1.165, 1.54) is 6.42 Å². The Hall–Kier alpha value is -0.790. The molecule has 18 heavy (non-hydrogen) atoms. The molecule has 0 saturated carbocycles. The van der Waals surface area contributed by atoms with Crippen LogP contribution in [0, 0.1) is 11.8 Å². The molecule has 0 aliphatic rings. The SMILES string of the molecule is CC/C=C\CCC(C)[C@@H](C)CN(C(C)=O)C(C)C. The van der Waals surface area contributed by atoms with Crippen LogP contribution >= 0.6 is 0 Å². The van der Waals surface area contributed by atoms with Crippen LogP contribution in [0.3, 0.4) is 0 Å². The van der Waals surface area contributed by atoms with Gasteiger partial charge in [-0.2, -0.15) is 0 Å². The first-order valence-electron chi connectivity index (χ1n) is 7.32. The first kappa shape index (κ1) is 17.2. The monoisotopic (exact) mass is 253 g/mol. The molecule has 0 rings (SSSR count). The third kappa shape index (κ3) is 6.83. The van der Waals surface area contributed by atoms with Crippen LogP contribution in [0.5, 0.6) is 0 Å². The zero-order chi connectivity index (χ0) is 14.1. The minimum absolute atomic E-state index is 0.190. The number of hydrogen-bond donors (Lipinski definition) is 0. The van der Waals surface area contributed by atoms with Gasteiger partial charge in [-0.15, -0.1) is 0 Å². The van der Waals surface area contributed by atoms with E-state index in [2.05, 4.69) is 46.8 Å². The summed E-state index contributed by atoms with van der Waals surface area (Å²) in [6.07, 6.45) is 7.99. The number of nitrogens with zero attached hydrogens (tertiary/aromatic N) is 1. The van der Waals surface area contributed by atoms with E-state index in [1.807, 2.05) is 4.90 Å². The van der Waals surface area contributed by atoms with Crippen LogP contribution < -0.4 is 0 Å². The summed E-state index contributed by atoms with van der Waals surface area (Å²) in [5, 5.41) is 0. The number of hydrogen-bond acceptors (Lipinski definition) is 1. The van der Waals surface area contributed by atoms with Crippen molar-refractivity contribution in [2.75, 3.05) is 6.54 Å². The van der Waals surface area contributed by atoms with Crippen LogP contribution in [-0.2, 0) is 4.79 Å². The average Bonchev–Trinajstić information content (AvgIpc) is 2.30. The second kappa shape index (κ2) is 9.18. The quantitative estimate of drug-likeness (QED) is 0.592. The Morgan fingerprint density at radius 3 is 2.17 bits per heavy atom. The van der Waals surface area contributed by atoms with Gasteiger partial charge in [0.2, 0.25) is 5.91 Å². The maximum atomic E-state index is 11.6. The van der Waals surface area contributed by atoms with E-state index in [4.69, 9.17) is 0 Å². The Bertz CT molecular complexity index is 258. The van der Waals surface area contributed by atoms with E-state index < -0.39 is 0 Å². The predicted octanol–water partition coefficient (Wildman–Crippen LogP) is 4.26. The van der Waals surface area contributed by atoms with Gasteiger partial charge in [-0.1, -0.05) is 32.9 Å². The third-order valence-electron chi connectivity index (χ3n) is 3.67. The minimum Gasteiger partial charge on any atom is -0.340 e. The van der Waals surface area contributed by atoms with Gasteiger partial charge in [0.1, 0.15) is 0 Å². The van der Waals surface area contributed by atoms with Gasteiger partial charge in [0, 0.05) is 19.5 Å². The van der Waals surface area contributed by atoms with Crippen LogP contribution in [0.15, 0.2) is 12.2 Å². The molecule has 0 fully saturated rings. The zero-order valence-electron chi connectivity index (χ0n) is 13.1. The number of amides is 1. The molecule has 0 aromatic carbocycles. The van der Waals surface area contributed by atoms with Gasteiger partial charge in [-0.3, -0.25) is 4.79 Å². The number of allylic oxidation sites excluding steroid dienone is 2. The van der Waals surface area contributed by atoms with E-state index >= 15 is 0 Å². The van der Waals surface area contributed by atoms with E-state index in [1.54, 1.807) is 6.92 Å². The molecule has 106 valence electrons. The van der Waals surface area contributed by atoms with E-state index in [-0.39, 0.29) is 5.91 Å². The summed E-state index contributed by atoms with van der Waals surface area (Å²) >= 11 is 0. The topological polar surface area (TPSA) is 20.3 Å². The van der Waals surface area contributed by atoms with Crippen molar-refractivity contribution < 1.29 is 4.79 Å². The highest BCUT2D eigenvalue weighted by Gasteiger charge is 2.19. The van der Waals surface area contributed by atoms with Crippen LogP contribution in [0.2, 0.25) is 0 Å². The lowest BCUT2D eigenvalue weighted by Crippen LogP contribution is -2.39. The smallest absolute Gasteiger partial charge is 0.219 e. The normalized spacial score (nSPS) is 15.1. The molecular formula is C16H31NO. The average molecular weight is 253 g/mol. The van der Waals surface area contributed by atoms with Gasteiger partial charge in [0.05, 0.1) is 0 Å². The highest BCUT2D eigenvalue weighted by molar-refractivity contribution is 5.73. The summed E-state index contributed by atoms with van der Waals surface area (Å²) in [6, 6.07) is 0.303. The molecule has 0 aromatic heterocycles. The molecule has 0 heterocycles. The third-order valence-corrected chi connectivity index (χ3v) is 3.67. The lowest BCUT2D eigenvalue weighted by atomic mass is 9.90. The summed E-state index contributed by atoms with van der Waals surface area (Å²) in [6.45, 7) is 13.4. The van der Waals surface area contributed by atoms with Crippen molar-refractivity contribution in [3.8, 4) is 0 Å². The summed E-state index contributed by atoms with van der Waals surface area (Å²) in [5.74, 6) is 1.41. The van der Waals surface area contributed by atoms with Crippen molar-refractivity contribution in [3.63, 3.8) is 0 Å². The van der Waals surface area contributed by atoms with Gasteiger partial charge in [0.15, 0.2) is 0 Å². The summed E-state index contributed by atoms with van der Waals surface area (Å²) in [5.41, 5.74) is 0. The highest BCUT2D eigenvalue weighted by atomic mass is 16.2. The molecule has 0 radical (unpaired) electrons. The van der Waals surface area contributed by atoms with E-state index in [0.717, 1.165) is 19.4 Å². The number of carbonyl (C=O) groups excluding carboxylic acids is 1. The fourth-order valence-corrected chi connectivity index (χ4v) is 2.12. The van der Waals surface area contributed by atoms with Gasteiger partial charge >= 0.3 is 0 Å². The van der Waals surface area contributed by atoms with Gasteiger partial charge in [-0.25, -0.2) is 0 Å². The Morgan fingerprint density at radius 2 is 1.72 bits per heavy atom. The predicted molar refractivity (Wildman–Crippen MR) is 79.5 cm³/mol. The largest absolute Gasteiger partial charge is 0.340 e. The molecule has 0 bridgehead atoms. The Kier molecular flexibility index (Phi) is 8.78. The van der Waals surface area contributed by atoms with Crippen molar-refractivity contribution in [1.29, 1.82) is 0 Å². The number of rotatable bonds is 8. The van der Waals surface area contributed by atoms with E-state index in [9.17, 15) is 4.79 Å². The maximum Gasteiger partial charge on any atom is 0.219 e. The Balaban J connectivity index is 4.16. The first-order chi connectivity index (χ1) is 8.40. The van der Waals surface area contributed by atoms with Crippen molar-refractivity contribution in [3.05, 3.63) is 12.2 Å². The standard InChI is InChI=1S/C16H31NO/c1-7-8-9-10-11-14(4)15(5)12-17(13(2)3)16(6)18/h8-9,13-15H,7,10-12H2,1-6H3/b9-8-/t14?,15-/m0/s1. The first-order valence-corrected chi connectivity index (χ1v) is 7.32. The van der Waals surface area contributed by atoms with Gasteiger partial charge < -0.3 is 4.90 Å². The van der Waals surface area contributed by atoms with Crippen LogP contribution in [-0.4, -0.2) is 23.4 Å². The molecule has 2 heteroatoms. The van der Waals surface area contributed by atoms with Crippen molar-refractivity contribution in [1.82, 2.24) is 4.90 Å². The molecule has 0 N–H and O–H groups in total. The fraction of sp³-hybridized carbons (Fsp3) is 0.812. The Morgan fingerprint density at radius 1 is 1.11 bits per heavy atom. The molecule has 0 aliphatic carbocycles. The molecule has 1 unspecified atom stereocenters. The molecule has 2 atom stereocenters. The zero-order valence-corrected chi connectivity index (χ0v) is 13.1. The van der Waals surface area contributed by atoms with E-state index in [0.29, 0.717) is 17.9 Å². The van der Waals surface area contributed by atoms with Crippen LogP contribution in [0.25, 0.3) is 0 Å². The maximum absolute atomic E-state index is 11.6. The van der Waals surface area contributed by atoms with Gasteiger partial charge in [0.25, 0.3) is 0 Å². The summed E-state index contributed by atoms with van der Waals surface area (Å²) in [7, 11) is 0. The molecular weight excluding hydrogens is 222 g/mol. The molecule has 0 aromatic rings. The van der Waals surface area contributed by atoms with Crippen molar-refractivity contribution >= 4 is 5.91 Å². The lowest BCUT2D eigenvalue weighted by molar-refractivity contribution is -0.131. The van der Waals surface area contributed by atoms with Gasteiger partial charge in [-0.05, 0) is 44.9 Å². The second-order valence-corrected chi connectivity index (χ2v) is 5.68. The lowest BCUT2D eigenvalue weighted by Gasteiger charge is -2.31. The fourth-order valence-electron chi connectivity index (χ4n) is 2.12. The van der Waals surface area contributed by atoms with Crippen LogP contribution in [0.4, 0.5) is 0 Å². The van der Waals surface area contributed by atoms with Crippen molar-refractivity contribution in [2.45, 2.75) is 66.8 Å². The highest BCUT2D eigenvalue weighted by Crippen LogP contribution is 2.19. The number of carbonyl (C=O) groups is 1. The summed E-state index contributed by atoms with van der Waals surface area (Å²) < 4.78 is 0. The second-order valence-electron chi connectivity index (χ2n) is 5.68. The molecule has 1 amide bonds. The molecule has 2 nitrogen and oxygen atoms in total. The molecule has 0 spiro atoms. The molecule has 0 saturated heterocycles. The van der Waals surface area contributed by atoms with Crippen LogP contribution in [0.1, 0.15) is 60.8 Å². The summed E-state index contributed by atoms with van der Waals surface area (Å²) in [4.78, 5) is 13.5. The Labute approximate surface area is 113 Å². The molecule has 0 aliphatic heterocycles.